The van der Waals surface area contributed by atoms with Crippen molar-refractivity contribution in [3.8, 4) is 0 Å². The number of halogens is 2. The van der Waals surface area contributed by atoms with E-state index in [1.807, 2.05) is 0 Å². The van der Waals surface area contributed by atoms with E-state index in [0.29, 0.717) is 4.47 Å². The van der Waals surface area contributed by atoms with Gasteiger partial charge in [-0.1, -0.05) is 11.6 Å². The number of aromatic amines is 1. The summed E-state index contributed by atoms with van der Waals surface area (Å²) in [5.41, 5.74) is 0.755. The molecule has 2 rings (SSSR count). The van der Waals surface area contributed by atoms with Gasteiger partial charge in [0.1, 0.15) is 10.0 Å². The van der Waals surface area contributed by atoms with Gasteiger partial charge in [-0.15, -0.1) is 0 Å². The highest BCUT2D eigenvalue weighted by Crippen LogP contribution is 2.25. The summed E-state index contributed by atoms with van der Waals surface area (Å²) in [5, 5.41) is 6.35. The monoisotopic (exact) mass is 364 g/mol. The molecule has 0 amide bonds. The zero-order valence-corrected chi connectivity index (χ0v) is 13.0. The molecule has 9 heteroatoms. The van der Waals surface area contributed by atoms with Gasteiger partial charge in [0.15, 0.2) is 0 Å². The van der Waals surface area contributed by atoms with E-state index in [2.05, 4.69) is 31.1 Å². The lowest BCUT2D eigenvalue weighted by Crippen LogP contribution is -2.26. The maximum absolute atomic E-state index is 12.4. The Bertz CT molecular complexity index is 675. The van der Waals surface area contributed by atoms with Crippen LogP contribution in [-0.4, -0.2) is 35.0 Å². The Labute approximate surface area is 124 Å². The Morgan fingerprint density at radius 1 is 1.47 bits per heavy atom. The van der Waals surface area contributed by atoms with E-state index in [1.54, 1.807) is 12.4 Å². The van der Waals surface area contributed by atoms with Gasteiger partial charge < -0.3 is 0 Å². The highest BCUT2D eigenvalue weighted by atomic mass is 79.9. The van der Waals surface area contributed by atoms with Crippen LogP contribution in [0.1, 0.15) is 5.56 Å². The zero-order valence-electron chi connectivity index (χ0n) is 9.84. The van der Waals surface area contributed by atoms with Crippen LogP contribution in [-0.2, 0) is 16.6 Å². The van der Waals surface area contributed by atoms with Gasteiger partial charge in [-0.05, 0) is 22.0 Å². The predicted octanol–water partition coefficient (Wildman–Crippen LogP) is 2.04. The second kappa shape index (κ2) is 5.58. The third-order valence-corrected chi connectivity index (χ3v) is 5.09. The van der Waals surface area contributed by atoms with Crippen molar-refractivity contribution >= 4 is 37.6 Å². The molecule has 19 heavy (non-hydrogen) atoms. The van der Waals surface area contributed by atoms with E-state index in [4.69, 9.17) is 11.6 Å². The maximum Gasteiger partial charge on any atom is 0.246 e. The average Bonchev–Trinajstić information content (AvgIpc) is 2.85. The summed E-state index contributed by atoms with van der Waals surface area (Å²) < 4.78 is 26.5. The lowest BCUT2D eigenvalue weighted by Gasteiger charge is -2.16. The molecule has 0 aliphatic carbocycles. The summed E-state index contributed by atoms with van der Waals surface area (Å²) in [5.74, 6) is 0. The Morgan fingerprint density at radius 3 is 2.84 bits per heavy atom. The number of pyridine rings is 1. The maximum atomic E-state index is 12.4. The van der Waals surface area contributed by atoms with E-state index in [-0.39, 0.29) is 16.6 Å². The molecule has 0 fully saturated rings. The lowest BCUT2D eigenvalue weighted by atomic mass is 10.4. The number of nitrogens with zero attached hydrogens (tertiary/aromatic N) is 3. The first-order valence-electron chi connectivity index (χ1n) is 5.16. The second-order valence-corrected chi connectivity index (χ2v) is 7.10. The van der Waals surface area contributed by atoms with Crippen molar-refractivity contribution in [2.75, 3.05) is 7.05 Å². The van der Waals surface area contributed by atoms with Crippen molar-refractivity contribution in [1.82, 2.24) is 19.5 Å². The number of aromatic nitrogens is 3. The third kappa shape index (κ3) is 3.14. The molecule has 102 valence electrons. The van der Waals surface area contributed by atoms with Gasteiger partial charge >= 0.3 is 0 Å². The number of sulfonamides is 1. The highest BCUT2D eigenvalue weighted by molar-refractivity contribution is 9.10. The van der Waals surface area contributed by atoms with Crippen molar-refractivity contribution in [3.05, 3.63) is 39.8 Å². The molecule has 1 N–H and O–H groups in total. The minimum atomic E-state index is -3.70. The smallest absolute Gasteiger partial charge is 0.246 e. The molecule has 0 spiro atoms. The Balaban J connectivity index is 2.33. The largest absolute Gasteiger partial charge is 0.285 e. The summed E-state index contributed by atoms with van der Waals surface area (Å²) in [4.78, 5) is 3.79. The Kier molecular flexibility index (Phi) is 4.24. The Morgan fingerprint density at radius 2 is 2.21 bits per heavy atom. The molecule has 0 aliphatic heterocycles. The lowest BCUT2D eigenvalue weighted by molar-refractivity contribution is 0.466. The molecule has 2 heterocycles. The van der Waals surface area contributed by atoms with Crippen LogP contribution in [0.3, 0.4) is 0 Å². The quantitative estimate of drug-likeness (QED) is 0.841. The zero-order chi connectivity index (χ0) is 14.0. The first-order valence-corrected chi connectivity index (χ1v) is 7.77. The molecule has 2 aromatic heterocycles. The van der Waals surface area contributed by atoms with E-state index in [1.165, 1.54) is 23.6 Å². The van der Waals surface area contributed by atoms with Gasteiger partial charge in [0, 0.05) is 36.0 Å². The third-order valence-electron chi connectivity index (χ3n) is 2.42. The van der Waals surface area contributed by atoms with E-state index < -0.39 is 10.0 Å². The fraction of sp³-hybridized carbons (Fsp3) is 0.200. The molecule has 0 aromatic carbocycles. The molecular formula is C10H10BrClN4O2S. The van der Waals surface area contributed by atoms with Crippen molar-refractivity contribution in [1.29, 1.82) is 0 Å². The van der Waals surface area contributed by atoms with Crippen LogP contribution < -0.4 is 0 Å². The number of rotatable bonds is 4. The van der Waals surface area contributed by atoms with E-state index in [0.717, 1.165) is 5.56 Å². The first kappa shape index (κ1) is 14.4. The fourth-order valence-electron chi connectivity index (χ4n) is 1.46. The van der Waals surface area contributed by atoms with E-state index in [9.17, 15) is 8.42 Å². The summed E-state index contributed by atoms with van der Waals surface area (Å²) in [6, 6.07) is 1.43. The molecular weight excluding hydrogens is 356 g/mol. The Hall–Kier alpha value is -0.960. The average molecular weight is 366 g/mol. The van der Waals surface area contributed by atoms with Gasteiger partial charge in [-0.2, -0.15) is 9.40 Å². The molecule has 0 radical (unpaired) electrons. The summed E-state index contributed by atoms with van der Waals surface area (Å²) >= 11 is 9.03. The minimum Gasteiger partial charge on any atom is -0.285 e. The molecule has 0 atom stereocenters. The normalized spacial score (nSPS) is 12.0. The van der Waals surface area contributed by atoms with Crippen LogP contribution in [0.25, 0.3) is 0 Å². The SMILES string of the molecule is CN(Cc1cn[nH]c1)S(=O)(=O)c1cc(Br)cnc1Cl. The minimum absolute atomic E-state index is 0.0328. The molecule has 0 aliphatic rings. The molecule has 0 saturated heterocycles. The van der Waals surface area contributed by atoms with Crippen LogP contribution in [0.2, 0.25) is 5.15 Å². The topological polar surface area (TPSA) is 79.0 Å². The molecule has 0 unspecified atom stereocenters. The van der Waals surface area contributed by atoms with Crippen LogP contribution in [0.15, 0.2) is 34.0 Å². The van der Waals surface area contributed by atoms with Gasteiger partial charge in [0.05, 0.1) is 6.20 Å². The van der Waals surface area contributed by atoms with Crippen LogP contribution >= 0.6 is 27.5 Å². The van der Waals surface area contributed by atoms with Gasteiger partial charge in [0.25, 0.3) is 0 Å². The fourth-order valence-corrected chi connectivity index (χ4v) is 3.53. The number of H-pyrrole nitrogens is 1. The van der Waals surface area contributed by atoms with Crippen molar-refractivity contribution < 1.29 is 8.42 Å². The van der Waals surface area contributed by atoms with Gasteiger partial charge in [-0.25, -0.2) is 13.4 Å². The molecule has 0 bridgehead atoms. The van der Waals surface area contributed by atoms with Crippen LogP contribution in [0.5, 0.6) is 0 Å². The second-order valence-electron chi connectivity index (χ2n) is 3.81. The predicted molar refractivity (Wildman–Crippen MR) is 74.2 cm³/mol. The molecule has 6 nitrogen and oxygen atoms in total. The van der Waals surface area contributed by atoms with Crippen LogP contribution in [0.4, 0.5) is 0 Å². The number of hydrogen-bond donors (Lipinski definition) is 1. The summed E-state index contributed by atoms with van der Waals surface area (Å²) in [6.45, 7) is 0.196. The first-order chi connectivity index (χ1) is 8.91. The summed E-state index contributed by atoms with van der Waals surface area (Å²) in [7, 11) is -2.23. The van der Waals surface area contributed by atoms with Crippen molar-refractivity contribution in [3.63, 3.8) is 0 Å². The van der Waals surface area contributed by atoms with Crippen LogP contribution in [0, 0.1) is 0 Å². The van der Waals surface area contributed by atoms with Gasteiger partial charge in [-0.3, -0.25) is 5.10 Å². The molecule has 2 aromatic rings. The van der Waals surface area contributed by atoms with E-state index >= 15 is 0 Å². The highest BCUT2D eigenvalue weighted by Gasteiger charge is 2.25. The molecule has 0 saturated carbocycles. The number of hydrogen-bond acceptors (Lipinski definition) is 4. The van der Waals surface area contributed by atoms with Crippen molar-refractivity contribution in [2.24, 2.45) is 0 Å². The van der Waals surface area contributed by atoms with Crippen molar-refractivity contribution in [2.45, 2.75) is 11.4 Å². The standard InChI is InChI=1S/C10H10BrClN4O2S/c1-16(6-7-3-14-15-4-7)19(17,18)9-2-8(11)5-13-10(9)12/h2-5H,6H2,1H3,(H,14,15). The number of nitrogens with one attached hydrogen (secondary N) is 1. The summed E-state index contributed by atoms with van der Waals surface area (Å²) in [6.07, 6.45) is 4.64. The van der Waals surface area contributed by atoms with Gasteiger partial charge in [0.2, 0.25) is 10.0 Å².